The van der Waals surface area contributed by atoms with Gasteiger partial charge >= 0.3 is 11.7 Å². The summed E-state index contributed by atoms with van der Waals surface area (Å²) in [6.07, 6.45) is 1.54. The van der Waals surface area contributed by atoms with E-state index >= 15 is 0 Å². The van der Waals surface area contributed by atoms with E-state index < -0.39 is 10.9 Å². The number of carbonyl (C=O) groups is 1. The topological polar surface area (TPSA) is 109 Å². The molecule has 0 saturated heterocycles. The van der Waals surface area contributed by atoms with Crippen molar-refractivity contribution in [2.45, 2.75) is 19.9 Å². The van der Waals surface area contributed by atoms with Crippen molar-refractivity contribution in [1.29, 1.82) is 0 Å². The van der Waals surface area contributed by atoms with Crippen LogP contribution in [0.3, 0.4) is 0 Å². The Labute approximate surface area is 141 Å². The maximum absolute atomic E-state index is 12.1. The molecular formula is C16H14N4O5. The van der Waals surface area contributed by atoms with E-state index in [0.29, 0.717) is 11.2 Å². The Hall–Kier alpha value is -3.49. The number of hydrogen-bond donors (Lipinski definition) is 0. The number of aromatic nitrogens is 3. The summed E-state index contributed by atoms with van der Waals surface area (Å²) in [6, 6.07) is 9.23. The molecule has 128 valence electrons. The number of nitrogens with zero attached hydrogens (tertiary/aromatic N) is 4. The van der Waals surface area contributed by atoms with E-state index in [2.05, 4.69) is 5.10 Å². The number of pyridine rings is 1. The molecule has 0 aliphatic carbocycles. The first-order valence-corrected chi connectivity index (χ1v) is 7.45. The molecule has 0 bridgehead atoms. The normalized spacial score (nSPS) is 10.8. The SMILES string of the molecule is Cc1cc(OC(=O)CCn2nc3ccccn3c2=O)ccc1[N+](=O)[O-]. The van der Waals surface area contributed by atoms with Crippen LogP contribution in [0.5, 0.6) is 5.75 Å². The van der Waals surface area contributed by atoms with E-state index in [1.807, 2.05) is 0 Å². The quantitative estimate of drug-likeness (QED) is 0.302. The van der Waals surface area contributed by atoms with Crippen molar-refractivity contribution < 1.29 is 14.5 Å². The second kappa shape index (κ2) is 6.56. The van der Waals surface area contributed by atoms with E-state index in [1.54, 1.807) is 31.3 Å². The summed E-state index contributed by atoms with van der Waals surface area (Å²) in [5.74, 6) is -0.340. The van der Waals surface area contributed by atoms with Gasteiger partial charge in [0.15, 0.2) is 5.65 Å². The Kier molecular flexibility index (Phi) is 4.29. The Bertz CT molecular complexity index is 1020. The average Bonchev–Trinajstić information content (AvgIpc) is 2.89. The van der Waals surface area contributed by atoms with Crippen LogP contribution in [0.25, 0.3) is 5.65 Å². The zero-order chi connectivity index (χ0) is 18.0. The highest BCUT2D eigenvalue weighted by Crippen LogP contribution is 2.23. The molecule has 0 saturated carbocycles. The predicted molar refractivity (Wildman–Crippen MR) is 87.5 cm³/mol. The van der Waals surface area contributed by atoms with E-state index in [4.69, 9.17) is 4.74 Å². The van der Waals surface area contributed by atoms with E-state index in [0.717, 1.165) is 0 Å². The van der Waals surface area contributed by atoms with Crippen LogP contribution in [0, 0.1) is 17.0 Å². The highest BCUT2D eigenvalue weighted by Gasteiger charge is 2.13. The van der Waals surface area contributed by atoms with Gasteiger partial charge in [-0.25, -0.2) is 9.48 Å². The van der Waals surface area contributed by atoms with Crippen LogP contribution in [0.4, 0.5) is 5.69 Å². The summed E-state index contributed by atoms with van der Waals surface area (Å²) in [5.41, 5.74) is 0.504. The van der Waals surface area contributed by atoms with Gasteiger partial charge in [0.25, 0.3) is 5.69 Å². The van der Waals surface area contributed by atoms with Crippen molar-refractivity contribution in [2.75, 3.05) is 0 Å². The van der Waals surface area contributed by atoms with Crippen LogP contribution in [-0.2, 0) is 11.3 Å². The molecular weight excluding hydrogens is 328 g/mol. The van der Waals surface area contributed by atoms with E-state index in [1.165, 1.54) is 27.3 Å². The molecule has 2 aromatic heterocycles. The molecule has 3 aromatic rings. The van der Waals surface area contributed by atoms with Crippen LogP contribution >= 0.6 is 0 Å². The molecule has 2 heterocycles. The molecule has 0 radical (unpaired) electrons. The molecule has 0 N–H and O–H groups in total. The summed E-state index contributed by atoms with van der Waals surface area (Å²) in [5, 5.41) is 14.9. The summed E-state index contributed by atoms with van der Waals surface area (Å²) in [7, 11) is 0. The Balaban J connectivity index is 1.66. The van der Waals surface area contributed by atoms with E-state index in [9.17, 15) is 19.7 Å². The Morgan fingerprint density at radius 3 is 2.80 bits per heavy atom. The lowest BCUT2D eigenvalue weighted by Crippen LogP contribution is -2.23. The first-order chi connectivity index (χ1) is 12.0. The zero-order valence-electron chi connectivity index (χ0n) is 13.3. The molecule has 0 fully saturated rings. The van der Waals surface area contributed by atoms with Crippen LogP contribution in [0.1, 0.15) is 12.0 Å². The predicted octanol–water partition coefficient (Wildman–Crippen LogP) is 1.71. The minimum atomic E-state index is -0.558. The lowest BCUT2D eigenvalue weighted by atomic mass is 10.2. The van der Waals surface area contributed by atoms with Crippen molar-refractivity contribution in [2.24, 2.45) is 0 Å². The first-order valence-electron chi connectivity index (χ1n) is 7.45. The first kappa shape index (κ1) is 16.4. The maximum Gasteiger partial charge on any atom is 0.350 e. The maximum atomic E-state index is 12.1. The third kappa shape index (κ3) is 3.39. The van der Waals surface area contributed by atoms with Crippen LogP contribution in [0.15, 0.2) is 47.4 Å². The molecule has 25 heavy (non-hydrogen) atoms. The van der Waals surface area contributed by atoms with Gasteiger partial charge < -0.3 is 4.74 Å². The van der Waals surface area contributed by atoms with Crippen molar-refractivity contribution in [3.63, 3.8) is 0 Å². The number of ether oxygens (including phenoxy) is 1. The van der Waals surface area contributed by atoms with Gasteiger partial charge in [-0.1, -0.05) is 6.07 Å². The molecule has 9 heteroatoms. The largest absolute Gasteiger partial charge is 0.426 e. The number of rotatable bonds is 5. The fraction of sp³-hybridized carbons (Fsp3) is 0.188. The van der Waals surface area contributed by atoms with Gasteiger partial charge in [0.2, 0.25) is 0 Å². The van der Waals surface area contributed by atoms with Gasteiger partial charge in [-0.05, 0) is 31.2 Å². The van der Waals surface area contributed by atoms with Crippen molar-refractivity contribution in [1.82, 2.24) is 14.2 Å². The van der Waals surface area contributed by atoms with Gasteiger partial charge in [-0.2, -0.15) is 0 Å². The van der Waals surface area contributed by atoms with Crippen LogP contribution < -0.4 is 10.4 Å². The van der Waals surface area contributed by atoms with E-state index in [-0.39, 0.29) is 30.1 Å². The summed E-state index contributed by atoms with van der Waals surface area (Å²) in [6.45, 7) is 1.64. The lowest BCUT2D eigenvalue weighted by molar-refractivity contribution is -0.385. The summed E-state index contributed by atoms with van der Waals surface area (Å²) >= 11 is 0. The third-order valence-electron chi connectivity index (χ3n) is 3.61. The third-order valence-corrected chi connectivity index (χ3v) is 3.61. The van der Waals surface area contributed by atoms with Gasteiger partial charge in [-0.3, -0.25) is 19.3 Å². The number of fused-ring (bicyclic) bond motifs is 1. The monoisotopic (exact) mass is 342 g/mol. The standard InChI is InChI=1S/C16H14N4O5/c1-11-10-12(5-6-13(11)20(23)24)25-15(21)7-9-19-16(22)18-8-3-2-4-14(18)17-19/h2-6,8,10H,7,9H2,1H3. The fourth-order valence-electron chi connectivity index (χ4n) is 2.39. The number of esters is 1. The smallest absolute Gasteiger partial charge is 0.350 e. The molecule has 9 nitrogen and oxygen atoms in total. The minimum Gasteiger partial charge on any atom is -0.426 e. The Morgan fingerprint density at radius 2 is 2.12 bits per heavy atom. The van der Waals surface area contributed by atoms with Crippen LogP contribution in [0.2, 0.25) is 0 Å². The molecule has 0 amide bonds. The number of nitro benzene ring substituents is 1. The number of benzene rings is 1. The highest BCUT2D eigenvalue weighted by atomic mass is 16.6. The Morgan fingerprint density at radius 1 is 1.32 bits per heavy atom. The molecule has 1 aromatic carbocycles. The van der Waals surface area contributed by atoms with Gasteiger partial charge in [-0.15, -0.1) is 5.10 Å². The molecule has 0 aliphatic rings. The average molecular weight is 342 g/mol. The van der Waals surface area contributed by atoms with Crippen molar-refractivity contribution in [3.8, 4) is 5.75 Å². The number of nitro groups is 1. The summed E-state index contributed by atoms with van der Waals surface area (Å²) < 4.78 is 7.73. The summed E-state index contributed by atoms with van der Waals surface area (Å²) in [4.78, 5) is 34.3. The number of aryl methyl sites for hydroxylation is 2. The molecule has 0 unspecified atom stereocenters. The lowest BCUT2D eigenvalue weighted by Gasteiger charge is -2.05. The number of hydrogen-bond acceptors (Lipinski definition) is 6. The molecule has 0 atom stereocenters. The van der Waals surface area contributed by atoms with Crippen molar-refractivity contribution >= 4 is 17.3 Å². The van der Waals surface area contributed by atoms with Gasteiger partial charge in [0, 0.05) is 17.8 Å². The second-order valence-electron chi connectivity index (χ2n) is 5.36. The highest BCUT2D eigenvalue weighted by molar-refractivity contribution is 5.72. The van der Waals surface area contributed by atoms with Gasteiger partial charge in [0.1, 0.15) is 5.75 Å². The van der Waals surface area contributed by atoms with Gasteiger partial charge in [0.05, 0.1) is 17.9 Å². The molecule has 3 rings (SSSR count). The van der Waals surface area contributed by atoms with Crippen LogP contribution in [-0.4, -0.2) is 25.1 Å². The fourth-order valence-corrected chi connectivity index (χ4v) is 2.39. The minimum absolute atomic E-state index is 0.0453. The second-order valence-corrected chi connectivity index (χ2v) is 5.36. The molecule has 0 spiro atoms. The zero-order valence-corrected chi connectivity index (χ0v) is 13.3. The molecule has 0 aliphatic heterocycles. The van der Waals surface area contributed by atoms with Crippen molar-refractivity contribution in [3.05, 3.63) is 68.8 Å². The number of carbonyl (C=O) groups excluding carboxylic acids is 1.